The summed E-state index contributed by atoms with van der Waals surface area (Å²) in [5.41, 5.74) is 5.72. The Bertz CT molecular complexity index is 2940. The second kappa shape index (κ2) is 18.7. The van der Waals surface area contributed by atoms with Crippen molar-refractivity contribution in [3.63, 3.8) is 0 Å². The van der Waals surface area contributed by atoms with Crippen LogP contribution in [0.25, 0.3) is 11.0 Å². The van der Waals surface area contributed by atoms with E-state index < -0.39 is 37.5 Å². The molecule has 4 aliphatic heterocycles. The number of fused-ring (bicyclic) bond motifs is 3. The van der Waals surface area contributed by atoms with Gasteiger partial charge in [0.15, 0.2) is 0 Å². The van der Waals surface area contributed by atoms with Crippen molar-refractivity contribution < 1.29 is 32.3 Å². The molecule has 16 nitrogen and oxygen atoms in total. The minimum atomic E-state index is -4.60. The molecule has 3 N–H and O–H groups in total. The van der Waals surface area contributed by atoms with Crippen molar-refractivity contribution in [1.82, 2.24) is 19.6 Å². The zero-order chi connectivity index (χ0) is 49.2. The molecule has 6 heterocycles. The van der Waals surface area contributed by atoms with Crippen LogP contribution in [0.4, 0.5) is 28.4 Å². The van der Waals surface area contributed by atoms with E-state index >= 15 is 0 Å². The number of benzene rings is 3. The minimum Gasteiger partial charge on any atom is -0.468 e. The van der Waals surface area contributed by atoms with Gasteiger partial charge in [0.2, 0.25) is 5.88 Å². The molecule has 0 radical (unpaired) electrons. The summed E-state index contributed by atoms with van der Waals surface area (Å²) < 4.78 is 48.7. The number of hydrogen-bond acceptors (Lipinski definition) is 13. The lowest BCUT2D eigenvalue weighted by Gasteiger charge is -2.56. The fourth-order valence-electron chi connectivity index (χ4n) is 12.7. The molecule has 376 valence electrons. The number of ether oxygens (including phenoxy) is 3. The molecule has 3 aromatic carbocycles. The highest BCUT2D eigenvalue weighted by Crippen LogP contribution is 2.55. The molecule has 11 rings (SSSR count). The minimum absolute atomic E-state index is 0.115. The van der Waals surface area contributed by atoms with Crippen molar-refractivity contribution in [1.29, 1.82) is 0 Å². The molecule has 0 unspecified atom stereocenters. The molecule has 17 heteroatoms. The van der Waals surface area contributed by atoms with Crippen molar-refractivity contribution in [2.45, 2.75) is 126 Å². The predicted molar refractivity (Wildman–Crippen MR) is 273 cm³/mol. The number of nitrogens with one attached hydrogen (secondary N) is 3. The second-order valence-electron chi connectivity index (χ2n) is 21.6. The normalized spacial score (nSPS) is 25.5. The first-order valence-electron chi connectivity index (χ1n) is 25.6. The number of nitro benzene ring substituents is 1. The summed E-state index contributed by atoms with van der Waals surface area (Å²) >= 11 is 0. The first-order valence-corrected chi connectivity index (χ1v) is 27.1. The Labute approximate surface area is 416 Å². The van der Waals surface area contributed by atoms with Crippen molar-refractivity contribution in [2.24, 2.45) is 11.3 Å². The van der Waals surface area contributed by atoms with Gasteiger partial charge in [-0.05, 0) is 149 Å². The third kappa shape index (κ3) is 9.01. The molecule has 3 saturated heterocycles. The molecule has 5 fully saturated rings. The number of carbonyl (C=O) groups excluding carboxylic acids is 1. The fraction of sp³-hybridized carbons (Fsp3) is 0.519. The van der Waals surface area contributed by atoms with E-state index in [0.717, 1.165) is 75.3 Å². The largest absolute Gasteiger partial charge is 0.468 e. The molecular formula is C54H66N8O8S. The van der Waals surface area contributed by atoms with Crippen molar-refractivity contribution in [2.75, 3.05) is 61.6 Å². The highest BCUT2D eigenvalue weighted by atomic mass is 32.2. The highest BCUT2D eigenvalue weighted by Gasteiger charge is 2.50. The number of aromatic amines is 1. The van der Waals surface area contributed by atoms with Crippen LogP contribution in [0.3, 0.4) is 0 Å². The van der Waals surface area contributed by atoms with Gasteiger partial charge in [-0.25, -0.2) is 13.1 Å². The van der Waals surface area contributed by atoms with Gasteiger partial charge in [0.05, 0.1) is 45.9 Å². The first kappa shape index (κ1) is 47.6. The lowest BCUT2D eigenvalue weighted by atomic mass is 9.59. The lowest BCUT2D eigenvalue weighted by molar-refractivity contribution is -0.384. The second-order valence-corrected chi connectivity index (χ2v) is 23.3. The molecular weight excluding hydrogens is 921 g/mol. The van der Waals surface area contributed by atoms with Crippen LogP contribution in [0.15, 0.2) is 83.9 Å². The topological polar surface area (TPSA) is 184 Å². The average Bonchev–Trinajstić information content (AvgIpc) is 4.16. The number of likely N-dealkylation sites (tertiary alicyclic amines) is 1. The molecule has 0 bridgehead atoms. The van der Waals surface area contributed by atoms with Gasteiger partial charge in [-0.1, -0.05) is 38.1 Å². The van der Waals surface area contributed by atoms with E-state index in [1.807, 2.05) is 35.4 Å². The maximum absolute atomic E-state index is 14.7. The van der Waals surface area contributed by atoms with E-state index in [2.05, 4.69) is 69.9 Å². The monoisotopic (exact) mass is 986 g/mol. The van der Waals surface area contributed by atoms with Gasteiger partial charge in [0.25, 0.3) is 21.6 Å². The number of rotatable bonds is 13. The van der Waals surface area contributed by atoms with Crippen LogP contribution in [0.5, 0.6) is 5.88 Å². The van der Waals surface area contributed by atoms with Gasteiger partial charge in [-0.2, -0.15) is 4.98 Å². The number of aromatic nitrogens is 2. The molecule has 1 amide bonds. The van der Waals surface area contributed by atoms with Gasteiger partial charge in [-0.15, -0.1) is 0 Å². The summed E-state index contributed by atoms with van der Waals surface area (Å²) in [7, 11) is -2.88. The predicted octanol–water partition coefficient (Wildman–Crippen LogP) is 9.60. The van der Waals surface area contributed by atoms with Gasteiger partial charge in [-0.3, -0.25) is 19.8 Å². The van der Waals surface area contributed by atoms with Crippen LogP contribution >= 0.6 is 0 Å². The number of amides is 1. The quantitative estimate of drug-likeness (QED) is 0.0749. The Kier molecular flexibility index (Phi) is 12.5. The molecule has 2 saturated carbocycles. The highest BCUT2D eigenvalue weighted by molar-refractivity contribution is 7.90. The van der Waals surface area contributed by atoms with Crippen LogP contribution in [0, 0.1) is 21.4 Å². The van der Waals surface area contributed by atoms with E-state index in [0.29, 0.717) is 66.1 Å². The number of anilines is 4. The van der Waals surface area contributed by atoms with Crippen molar-refractivity contribution in [3.05, 3.63) is 106 Å². The zero-order valence-electron chi connectivity index (χ0n) is 41.2. The molecule has 71 heavy (non-hydrogen) atoms. The first-order chi connectivity index (χ1) is 34.2. The standard InChI is InChI=1S/C54H66N8O8S/c1-34(2)40-8-5-6-9-41(40)44-10-7-23-60(44)38-29-54(30-38)20-24-59(25-21-54)37-11-13-42(45(27-37)61-47-26-36-17-22-55-50(36)57-52(47)70-49-33-69-32-48(49)61)51(63)58-71(66,67)39-12-14-43(46(28-39)62(64)65)56-31-35-15-18-53(3,68-4)19-16-35/h5-6,8-9,11-14,17,22,26-28,34-35,38,44,48-49,56H,7,10,15-16,18-21,23-25,29-33H2,1-4H3,(H,55,57)(H,58,63)/t35?,44-,48-,49+,53?/m0/s1. The maximum atomic E-state index is 14.7. The summed E-state index contributed by atoms with van der Waals surface area (Å²) in [6.45, 7) is 10.7. The van der Waals surface area contributed by atoms with E-state index in [-0.39, 0.29) is 28.8 Å². The average molecular weight is 987 g/mol. The van der Waals surface area contributed by atoms with Gasteiger partial charge in [0, 0.05) is 62.2 Å². The summed E-state index contributed by atoms with van der Waals surface area (Å²) in [4.78, 5) is 41.3. The van der Waals surface area contributed by atoms with Crippen LogP contribution < -0.4 is 24.6 Å². The number of methoxy groups -OCH3 is 1. The number of sulfonamides is 1. The van der Waals surface area contributed by atoms with Gasteiger partial charge >= 0.3 is 0 Å². The maximum Gasteiger partial charge on any atom is 0.293 e. The summed E-state index contributed by atoms with van der Waals surface area (Å²) in [5, 5.41) is 16.4. The van der Waals surface area contributed by atoms with E-state index in [9.17, 15) is 23.3 Å². The number of hydrogen-bond donors (Lipinski definition) is 3. The van der Waals surface area contributed by atoms with E-state index in [1.165, 1.54) is 48.9 Å². The molecule has 5 aromatic rings. The fourth-order valence-corrected chi connectivity index (χ4v) is 13.7. The summed E-state index contributed by atoms with van der Waals surface area (Å²) in [5.74, 6) is 0.278. The molecule has 2 aliphatic carbocycles. The summed E-state index contributed by atoms with van der Waals surface area (Å²) in [6.07, 6.45) is 11.9. The number of nitro groups is 1. The Morgan fingerprint density at radius 2 is 1.76 bits per heavy atom. The van der Waals surface area contributed by atoms with Crippen LogP contribution in [-0.2, 0) is 19.5 Å². The number of pyridine rings is 1. The van der Waals surface area contributed by atoms with Crippen LogP contribution in [0.2, 0.25) is 0 Å². The van der Waals surface area contributed by atoms with E-state index in [1.54, 1.807) is 13.2 Å². The Hall–Kier alpha value is -5.75. The van der Waals surface area contributed by atoms with Crippen LogP contribution in [0.1, 0.15) is 118 Å². The lowest BCUT2D eigenvalue weighted by Crippen LogP contribution is -2.55. The third-order valence-corrected chi connectivity index (χ3v) is 18.4. The Morgan fingerprint density at radius 3 is 2.52 bits per heavy atom. The van der Waals surface area contributed by atoms with Gasteiger partial charge in [0.1, 0.15) is 23.1 Å². The smallest absolute Gasteiger partial charge is 0.293 e. The number of carbonyl (C=O) groups is 1. The SMILES string of the molecule is COC1(C)CCC(CNc2ccc(S(=O)(=O)NC(=O)c3ccc(N4CCC5(CC4)CC(N4CCC[C@H]4c4ccccc4C(C)C)C5)cc3N3c4cc5cc[nH]c5nc4O[C@@H]4COC[C@@H]43)cc2[N+](=O)[O-])CC1. The van der Waals surface area contributed by atoms with Crippen molar-refractivity contribution >= 4 is 55.4 Å². The zero-order valence-corrected chi connectivity index (χ0v) is 42.0. The third-order valence-electron chi connectivity index (χ3n) is 17.0. The van der Waals surface area contributed by atoms with Crippen LogP contribution in [-0.4, -0.2) is 104 Å². The Balaban J connectivity index is 0.851. The molecule has 2 aromatic heterocycles. The number of piperidine rings is 1. The molecule has 6 aliphatic rings. The van der Waals surface area contributed by atoms with Crippen molar-refractivity contribution in [3.8, 4) is 5.88 Å². The molecule has 1 spiro atoms. The Morgan fingerprint density at radius 1 is 0.972 bits per heavy atom. The number of nitrogens with zero attached hydrogens (tertiary/aromatic N) is 5. The van der Waals surface area contributed by atoms with Gasteiger partial charge < -0.3 is 34.3 Å². The summed E-state index contributed by atoms with van der Waals surface area (Å²) in [6, 6.07) is 22.9. The van der Waals surface area contributed by atoms with E-state index in [4.69, 9.17) is 19.2 Å². The molecule has 3 atom stereocenters. The number of H-pyrrole nitrogens is 1.